The molecule has 0 N–H and O–H groups in total. The summed E-state index contributed by atoms with van der Waals surface area (Å²) in [4.78, 5) is 0. The second kappa shape index (κ2) is 5.92. The van der Waals surface area contributed by atoms with Crippen LogP contribution >= 0.6 is 0 Å². The van der Waals surface area contributed by atoms with Crippen LogP contribution in [0, 0.1) is 0 Å². The molecule has 0 saturated heterocycles. The first-order chi connectivity index (χ1) is 8.65. The Hall–Kier alpha value is -0.763. The van der Waals surface area contributed by atoms with Crippen LogP contribution in [0.15, 0.2) is 24.3 Å². The summed E-state index contributed by atoms with van der Waals surface area (Å²) in [5.74, 6) is 1.71. The zero-order chi connectivity index (χ0) is 13.0. The molecule has 1 aliphatic rings. The van der Waals surface area contributed by atoms with Gasteiger partial charge >= 0.3 is 0 Å². The summed E-state index contributed by atoms with van der Waals surface area (Å²) in [5.41, 5.74) is 1.50. The highest BCUT2D eigenvalue weighted by Crippen LogP contribution is 2.50. The van der Waals surface area contributed by atoms with E-state index in [1.807, 2.05) is 6.92 Å². The molecule has 2 rings (SSSR count). The second-order valence-electron chi connectivity index (χ2n) is 5.94. The molecule has 0 bridgehead atoms. The van der Waals surface area contributed by atoms with Crippen molar-refractivity contribution in [3.05, 3.63) is 29.8 Å². The van der Waals surface area contributed by atoms with E-state index >= 15 is 0 Å². The van der Waals surface area contributed by atoms with E-state index < -0.39 is 0 Å². The lowest BCUT2D eigenvalue weighted by Gasteiger charge is -2.39. The lowest BCUT2D eigenvalue weighted by molar-refractivity contribution is 0.333. The Kier molecular flexibility index (Phi) is 4.49. The van der Waals surface area contributed by atoms with Gasteiger partial charge in [-0.05, 0) is 35.6 Å². The fourth-order valence-corrected chi connectivity index (χ4v) is 4.25. The molecule has 0 radical (unpaired) electrons. The fourth-order valence-electron chi connectivity index (χ4n) is 3.21. The van der Waals surface area contributed by atoms with Gasteiger partial charge in [-0.3, -0.25) is 0 Å². The zero-order valence-electron chi connectivity index (χ0n) is 12.0. The third-order valence-electron chi connectivity index (χ3n) is 4.73. The molecule has 0 aliphatic heterocycles. The predicted octanol–water partition coefficient (Wildman–Crippen LogP) is 3.68. The molecule has 1 aromatic carbocycles. The van der Waals surface area contributed by atoms with E-state index in [1.54, 1.807) is 0 Å². The van der Waals surface area contributed by atoms with Crippen LogP contribution in [0.1, 0.15) is 57.4 Å². The van der Waals surface area contributed by atoms with Crippen molar-refractivity contribution in [3.8, 4) is 5.75 Å². The second-order valence-corrected chi connectivity index (χ2v) is 7.93. The van der Waals surface area contributed by atoms with Crippen LogP contribution in [-0.2, 0) is 0 Å². The van der Waals surface area contributed by atoms with Crippen LogP contribution in [-0.4, -0.2) is 16.8 Å². The van der Waals surface area contributed by atoms with Crippen LogP contribution in [0.3, 0.4) is 0 Å². The van der Waals surface area contributed by atoms with E-state index in [-0.39, 0.29) is 0 Å². The highest BCUT2D eigenvalue weighted by Gasteiger charge is 2.33. The SMILES string of the molecule is CCOc1ccc(C(C)C2([SiH3])CCCCC2)cc1. The molecule has 0 heterocycles. The van der Waals surface area contributed by atoms with Crippen molar-refractivity contribution >= 4 is 10.2 Å². The monoisotopic (exact) mass is 262 g/mol. The van der Waals surface area contributed by atoms with Crippen LogP contribution in [0.2, 0.25) is 5.04 Å². The van der Waals surface area contributed by atoms with Crippen LogP contribution in [0.4, 0.5) is 0 Å². The van der Waals surface area contributed by atoms with Crippen molar-refractivity contribution in [2.45, 2.75) is 56.9 Å². The predicted molar refractivity (Wildman–Crippen MR) is 81.7 cm³/mol. The standard InChI is InChI=1S/C16H26OSi/c1-3-17-15-9-7-14(8-10-15)13(2)16(18)11-5-4-6-12-16/h7-10,13H,3-6,11-12H2,1-2,18H3. The molecule has 100 valence electrons. The quantitative estimate of drug-likeness (QED) is 0.752. The topological polar surface area (TPSA) is 9.23 Å². The summed E-state index contributed by atoms with van der Waals surface area (Å²) in [6.45, 7) is 5.21. The van der Waals surface area contributed by atoms with Crippen LogP contribution in [0.25, 0.3) is 0 Å². The van der Waals surface area contributed by atoms with Crippen molar-refractivity contribution in [2.75, 3.05) is 6.61 Å². The van der Waals surface area contributed by atoms with E-state index in [0.717, 1.165) is 12.4 Å². The van der Waals surface area contributed by atoms with E-state index in [4.69, 9.17) is 4.74 Å². The van der Waals surface area contributed by atoms with Gasteiger partial charge in [-0.15, -0.1) is 0 Å². The Labute approximate surface area is 114 Å². The molecular formula is C16H26OSi. The van der Waals surface area contributed by atoms with Gasteiger partial charge in [0.2, 0.25) is 0 Å². The Morgan fingerprint density at radius 1 is 1.17 bits per heavy atom. The van der Waals surface area contributed by atoms with Gasteiger partial charge in [0.1, 0.15) is 5.75 Å². The van der Waals surface area contributed by atoms with Crippen LogP contribution in [0.5, 0.6) is 5.75 Å². The summed E-state index contributed by atoms with van der Waals surface area (Å²) in [5, 5.41) is 0.630. The van der Waals surface area contributed by atoms with Gasteiger partial charge in [-0.2, -0.15) is 0 Å². The first-order valence-electron chi connectivity index (χ1n) is 7.38. The third-order valence-corrected chi connectivity index (χ3v) is 6.60. The number of rotatable bonds is 4. The Morgan fingerprint density at radius 3 is 2.33 bits per heavy atom. The van der Waals surface area contributed by atoms with Crippen molar-refractivity contribution in [1.29, 1.82) is 0 Å². The number of ether oxygens (including phenoxy) is 1. The normalized spacial score (nSPS) is 20.6. The average molecular weight is 262 g/mol. The highest BCUT2D eigenvalue weighted by atomic mass is 28.1. The van der Waals surface area contributed by atoms with Crippen molar-refractivity contribution in [3.63, 3.8) is 0 Å². The lowest BCUT2D eigenvalue weighted by Crippen LogP contribution is -2.23. The van der Waals surface area contributed by atoms with Gasteiger partial charge in [0, 0.05) is 10.2 Å². The maximum atomic E-state index is 5.52. The highest BCUT2D eigenvalue weighted by molar-refractivity contribution is 6.15. The van der Waals surface area contributed by atoms with Gasteiger partial charge in [0.15, 0.2) is 0 Å². The molecule has 0 aromatic heterocycles. The molecular weight excluding hydrogens is 236 g/mol. The lowest BCUT2D eigenvalue weighted by atomic mass is 9.76. The van der Waals surface area contributed by atoms with Crippen molar-refractivity contribution in [2.24, 2.45) is 0 Å². The molecule has 1 atom stereocenters. The smallest absolute Gasteiger partial charge is 0.119 e. The maximum Gasteiger partial charge on any atom is 0.119 e. The Balaban J connectivity index is 2.09. The summed E-state index contributed by atoms with van der Waals surface area (Å²) >= 11 is 0. The van der Waals surface area contributed by atoms with Gasteiger partial charge in [0.05, 0.1) is 6.61 Å². The first-order valence-corrected chi connectivity index (χ1v) is 8.38. The summed E-state index contributed by atoms with van der Waals surface area (Å²) in [6.07, 6.45) is 7.19. The van der Waals surface area contributed by atoms with Crippen LogP contribution < -0.4 is 4.74 Å². The third kappa shape index (κ3) is 2.97. The molecule has 1 aromatic rings. The summed E-state index contributed by atoms with van der Waals surface area (Å²) < 4.78 is 5.52. The van der Waals surface area contributed by atoms with E-state index in [1.165, 1.54) is 47.9 Å². The molecule has 1 nitrogen and oxygen atoms in total. The average Bonchev–Trinajstić information content (AvgIpc) is 2.40. The number of hydrogen-bond acceptors (Lipinski definition) is 1. The maximum absolute atomic E-state index is 5.52. The van der Waals surface area contributed by atoms with Crippen molar-refractivity contribution in [1.82, 2.24) is 0 Å². The minimum Gasteiger partial charge on any atom is -0.494 e. The minimum atomic E-state index is 0.630. The molecule has 0 spiro atoms. The van der Waals surface area contributed by atoms with Gasteiger partial charge in [0.25, 0.3) is 0 Å². The zero-order valence-corrected chi connectivity index (χ0v) is 14.0. The first kappa shape index (κ1) is 13.7. The Bertz CT molecular complexity index is 365. The molecule has 2 heteroatoms. The molecule has 1 unspecified atom stereocenters. The van der Waals surface area contributed by atoms with Crippen molar-refractivity contribution < 1.29 is 4.74 Å². The van der Waals surface area contributed by atoms with Gasteiger partial charge in [-0.1, -0.05) is 51.2 Å². The molecule has 1 fully saturated rings. The van der Waals surface area contributed by atoms with E-state index in [0.29, 0.717) is 11.0 Å². The van der Waals surface area contributed by atoms with E-state index in [9.17, 15) is 0 Å². The minimum absolute atomic E-state index is 0.630. The summed E-state index contributed by atoms with van der Waals surface area (Å²) in [6, 6.07) is 8.79. The summed E-state index contributed by atoms with van der Waals surface area (Å²) in [7, 11) is 1.32. The largest absolute Gasteiger partial charge is 0.494 e. The Morgan fingerprint density at radius 2 is 1.78 bits per heavy atom. The number of benzene rings is 1. The van der Waals surface area contributed by atoms with Gasteiger partial charge in [-0.25, -0.2) is 0 Å². The molecule has 0 amide bonds. The molecule has 1 aliphatic carbocycles. The molecule has 18 heavy (non-hydrogen) atoms. The van der Waals surface area contributed by atoms with Gasteiger partial charge < -0.3 is 4.74 Å². The fraction of sp³-hybridized carbons (Fsp3) is 0.625. The number of hydrogen-bond donors (Lipinski definition) is 0. The molecule has 1 saturated carbocycles. The van der Waals surface area contributed by atoms with E-state index in [2.05, 4.69) is 31.2 Å².